The largest absolute Gasteiger partial charge is 0.318 e. The predicted octanol–water partition coefficient (Wildman–Crippen LogP) is 2.93. The van der Waals surface area contributed by atoms with E-state index >= 15 is 0 Å². The Bertz CT molecular complexity index is 962. The first-order valence-corrected chi connectivity index (χ1v) is 9.68. The van der Waals surface area contributed by atoms with Crippen molar-refractivity contribution in [2.24, 2.45) is 11.1 Å². The van der Waals surface area contributed by atoms with Gasteiger partial charge in [-0.3, -0.25) is 14.4 Å². The van der Waals surface area contributed by atoms with Gasteiger partial charge in [0.1, 0.15) is 6.04 Å². The third-order valence-corrected chi connectivity index (χ3v) is 5.06. The van der Waals surface area contributed by atoms with E-state index in [1.165, 1.54) is 4.90 Å². The van der Waals surface area contributed by atoms with Crippen LogP contribution in [0.5, 0.6) is 0 Å². The minimum absolute atomic E-state index is 0.0704. The highest BCUT2D eigenvalue weighted by molar-refractivity contribution is 6.12. The number of hydrogen-bond donors (Lipinski definition) is 1. The maximum absolute atomic E-state index is 13.1. The molecule has 6 heteroatoms. The van der Waals surface area contributed by atoms with E-state index < -0.39 is 11.5 Å². The van der Waals surface area contributed by atoms with Gasteiger partial charge in [0.15, 0.2) is 5.78 Å². The van der Waals surface area contributed by atoms with E-state index in [1.54, 1.807) is 35.2 Å². The number of carbonyl (C=O) groups is 3. The average molecular weight is 393 g/mol. The third-order valence-electron chi connectivity index (χ3n) is 5.06. The topological polar surface area (TPSA) is 83.7 Å². The minimum atomic E-state index is -0.918. The van der Waals surface area contributed by atoms with Crippen LogP contribution in [0.3, 0.4) is 0 Å². The number of fused-ring (bicyclic) bond motifs is 1. The van der Waals surface area contributed by atoms with E-state index in [0.717, 1.165) is 5.56 Å². The molecule has 0 bridgehead atoms. The molecule has 1 aliphatic heterocycles. The van der Waals surface area contributed by atoms with Crippen LogP contribution in [-0.2, 0) is 9.59 Å². The number of amides is 2. The van der Waals surface area contributed by atoms with Crippen molar-refractivity contribution in [1.82, 2.24) is 0 Å². The molecule has 0 spiro atoms. The molecule has 152 valence electrons. The van der Waals surface area contributed by atoms with Gasteiger partial charge in [-0.1, -0.05) is 57.2 Å². The summed E-state index contributed by atoms with van der Waals surface area (Å²) < 4.78 is 0. The zero-order valence-electron chi connectivity index (χ0n) is 17.3. The highest BCUT2D eigenvalue weighted by atomic mass is 16.2. The lowest BCUT2D eigenvalue weighted by Crippen LogP contribution is -2.50. The second-order valence-corrected chi connectivity index (χ2v) is 8.42. The Kier molecular flexibility index (Phi) is 5.57. The lowest BCUT2D eigenvalue weighted by Gasteiger charge is -2.30. The fourth-order valence-corrected chi connectivity index (χ4v) is 3.49. The summed E-state index contributed by atoms with van der Waals surface area (Å²) in [5.41, 5.74) is 8.06. The van der Waals surface area contributed by atoms with Crippen LogP contribution in [0.2, 0.25) is 0 Å². The maximum atomic E-state index is 13.1. The van der Waals surface area contributed by atoms with Gasteiger partial charge in [0.2, 0.25) is 11.8 Å². The SMILES string of the molecule is Cc1ccccc1C(=O)CN1C(=O)C(N)CN(C(=O)C(C)(C)C)c2ccccc21. The van der Waals surface area contributed by atoms with Gasteiger partial charge in [-0.15, -0.1) is 0 Å². The zero-order valence-corrected chi connectivity index (χ0v) is 17.3. The van der Waals surface area contributed by atoms with Crippen LogP contribution in [0.15, 0.2) is 48.5 Å². The third kappa shape index (κ3) is 4.07. The molecule has 0 saturated heterocycles. The Morgan fingerprint density at radius 3 is 2.24 bits per heavy atom. The molecule has 6 nitrogen and oxygen atoms in total. The van der Waals surface area contributed by atoms with Gasteiger partial charge in [0.25, 0.3) is 0 Å². The normalized spacial score (nSPS) is 17.0. The molecule has 2 aromatic carbocycles. The number of Topliss-reactive ketones (excluding diaryl/α,β-unsaturated/α-hetero) is 1. The Morgan fingerprint density at radius 1 is 1.03 bits per heavy atom. The van der Waals surface area contributed by atoms with E-state index in [0.29, 0.717) is 16.9 Å². The van der Waals surface area contributed by atoms with E-state index in [4.69, 9.17) is 5.73 Å². The molecule has 1 atom stereocenters. The highest BCUT2D eigenvalue weighted by Gasteiger charge is 2.38. The fraction of sp³-hybridized carbons (Fsp3) is 0.348. The molecule has 0 radical (unpaired) electrons. The highest BCUT2D eigenvalue weighted by Crippen LogP contribution is 2.35. The quantitative estimate of drug-likeness (QED) is 0.813. The van der Waals surface area contributed by atoms with Crippen molar-refractivity contribution in [3.05, 3.63) is 59.7 Å². The lowest BCUT2D eigenvalue weighted by atomic mass is 9.94. The summed E-state index contributed by atoms with van der Waals surface area (Å²) in [5.74, 6) is -0.669. The van der Waals surface area contributed by atoms with Crippen LogP contribution in [0.4, 0.5) is 11.4 Å². The molecule has 2 amide bonds. The van der Waals surface area contributed by atoms with Crippen molar-refractivity contribution in [3.8, 4) is 0 Å². The Labute approximate surface area is 171 Å². The number of rotatable bonds is 3. The van der Waals surface area contributed by atoms with E-state index in [9.17, 15) is 14.4 Å². The van der Waals surface area contributed by atoms with Crippen LogP contribution in [0.1, 0.15) is 36.7 Å². The number of nitrogens with two attached hydrogens (primary N) is 1. The second-order valence-electron chi connectivity index (χ2n) is 8.42. The predicted molar refractivity (Wildman–Crippen MR) is 114 cm³/mol. The van der Waals surface area contributed by atoms with Crippen molar-refractivity contribution >= 4 is 29.0 Å². The molecule has 2 N–H and O–H groups in total. The number of hydrogen-bond acceptors (Lipinski definition) is 4. The summed E-state index contributed by atoms with van der Waals surface area (Å²) >= 11 is 0. The standard InChI is InChI=1S/C23H27N3O3/c1-15-9-5-6-10-16(15)20(27)14-25-18-11-7-8-12-19(18)26(13-17(24)21(25)28)22(29)23(2,3)4/h5-12,17H,13-14,24H2,1-4H3. The number of carbonyl (C=O) groups excluding carboxylic acids is 3. The van der Waals surface area contributed by atoms with Crippen LogP contribution < -0.4 is 15.5 Å². The van der Waals surface area contributed by atoms with Gasteiger partial charge >= 0.3 is 0 Å². The van der Waals surface area contributed by atoms with Gasteiger partial charge in [-0.25, -0.2) is 0 Å². The van der Waals surface area contributed by atoms with Crippen molar-refractivity contribution in [1.29, 1.82) is 0 Å². The number of nitrogens with zero attached hydrogens (tertiary/aromatic N) is 2. The van der Waals surface area contributed by atoms with Crippen molar-refractivity contribution < 1.29 is 14.4 Å². The first-order valence-electron chi connectivity index (χ1n) is 9.68. The van der Waals surface area contributed by atoms with Gasteiger partial charge in [0.05, 0.1) is 24.5 Å². The molecule has 3 rings (SSSR count). The van der Waals surface area contributed by atoms with E-state index in [2.05, 4.69) is 0 Å². The molecule has 1 heterocycles. The fourth-order valence-electron chi connectivity index (χ4n) is 3.49. The minimum Gasteiger partial charge on any atom is -0.318 e. The van der Waals surface area contributed by atoms with Gasteiger partial charge < -0.3 is 15.5 Å². The van der Waals surface area contributed by atoms with Crippen LogP contribution in [0, 0.1) is 12.3 Å². The Hall–Kier alpha value is -2.99. The van der Waals surface area contributed by atoms with Crippen molar-refractivity contribution in [3.63, 3.8) is 0 Å². The van der Waals surface area contributed by atoms with Crippen LogP contribution in [0.25, 0.3) is 0 Å². The summed E-state index contributed by atoms with van der Waals surface area (Å²) in [7, 11) is 0. The molecule has 2 aromatic rings. The molecule has 29 heavy (non-hydrogen) atoms. The van der Waals surface area contributed by atoms with E-state index in [-0.39, 0.29) is 30.7 Å². The van der Waals surface area contributed by atoms with Crippen molar-refractivity contribution in [2.75, 3.05) is 22.9 Å². The molecule has 0 saturated carbocycles. The average Bonchev–Trinajstić information content (AvgIpc) is 2.77. The molecular formula is C23H27N3O3. The molecule has 0 aliphatic carbocycles. The van der Waals surface area contributed by atoms with E-state index in [1.807, 2.05) is 45.9 Å². The zero-order chi connectivity index (χ0) is 21.3. The maximum Gasteiger partial charge on any atom is 0.246 e. The van der Waals surface area contributed by atoms with Gasteiger partial charge in [-0.2, -0.15) is 0 Å². The second kappa shape index (κ2) is 7.79. The van der Waals surface area contributed by atoms with Crippen LogP contribution in [-0.4, -0.2) is 36.7 Å². The summed E-state index contributed by atoms with van der Waals surface area (Å²) in [6.45, 7) is 7.29. The first kappa shape index (κ1) is 20.7. The smallest absolute Gasteiger partial charge is 0.246 e. The molecular weight excluding hydrogens is 366 g/mol. The molecule has 1 aliphatic rings. The Balaban J connectivity index is 2.04. The van der Waals surface area contributed by atoms with Gasteiger partial charge in [0, 0.05) is 11.0 Å². The number of anilines is 2. The molecule has 1 unspecified atom stereocenters. The summed E-state index contributed by atoms with van der Waals surface area (Å²) in [4.78, 5) is 42.1. The lowest BCUT2D eigenvalue weighted by molar-refractivity contribution is -0.125. The number of ketones is 1. The summed E-state index contributed by atoms with van der Waals surface area (Å²) in [5, 5.41) is 0. The Morgan fingerprint density at radius 2 is 1.62 bits per heavy atom. The van der Waals surface area contributed by atoms with Crippen LogP contribution >= 0.6 is 0 Å². The number of benzene rings is 2. The monoisotopic (exact) mass is 393 g/mol. The first-order chi connectivity index (χ1) is 13.6. The molecule has 0 fully saturated rings. The van der Waals surface area contributed by atoms with Gasteiger partial charge in [-0.05, 0) is 24.6 Å². The van der Waals surface area contributed by atoms with Crippen molar-refractivity contribution in [2.45, 2.75) is 33.7 Å². The summed E-state index contributed by atoms with van der Waals surface area (Å²) in [6.07, 6.45) is 0. The number of aryl methyl sites for hydroxylation is 1. The summed E-state index contributed by atoms with van der Waals surface area (Å²) in [6, 6.07) is 13.5. The molecule has 0 aromatic heterocycles. The number of para-hydroxylation sites is 2.